The van der Waals surface area contributed by atoms with Gasteiger partial charge in [0.25, 0.3) is 0 Å². The fourth-order valence-corrected chi connectivity index (χ4v) is 1.96. The van der Waals surface area contributed by atoms with Crippen molar-refractivity contribution < 1.29 is 13.2 Å². The summed E-state index contributed by atoms with van der Waals surface area (Å²) in [5.74, 6) is 2.70. The van der Waals surface area contributed by atoms with E-state index in [1.807, 2.05) is 19.6 Å². The molecule has 0 aromatic carbocycles. The van der Waals surface area contributed by atoms with Crippen molar-refractivity contribution in [2.24, 2.45) is 0 Å². The topological polar surface area (TPSA) is 12.9 Å². The Kier molecular flexibility index (Phi) is 3.26. The van der Waals surface area contributed by atoms with Gasteiger partial charge in [0, 0.05) is 5.38 Å². The van der Waals surface area contributed by atoms with Crippen LogP contribution in [-0.4, -0.2) is 13.1 Å². The predicted octanol–water partition coefficient (Wildman–Crippen LogP) is 3.39. The molecule has 15 heavy (non-hydrogen) atoms. The fraction of sp³-hybridized carbons (Fsp3) is 0.444. The van der Waals surface area contributed by atoms with Gasteiger partial charge >= 0.3 is 6.18 Å². The SMILES string of the molecule is C[Si](C)(C)C#Cc1nc(C(F)(F)F)cs1. The van der Waals surface area contributed by atoms with Gasteiger partial charge in [0.15, 0.2) is 10.7 Å². The quantitative estimate of drug-likeness (QED) is 0.507. The summed E-state index contributed by atoms with van der Waals surface area (Å²) in [5.41, 5.74) is 2.12. The van der Waals surface area contributed by atoms with E-state index in [1.165, 1.54) is 0 Å². The molecule has 0 N–H and O–H groups in total. The zero-order valence-electron chi connectivity index (χ0n) is 8.57. The van der Waals surface area contributed by atoms with Gasteiger partial charge in [-0.1, -0.05) is 19.6 Å². The van der Waals surface area contributed by atoms with Crippen LogP contribution in [0.5, 0.6) is 0 Å². The molecule has 0 saturated carbocycles. The van der Waals surface area contributed by atoms with Crippen LogP contribution in [0.1, 0.15) is 10.7 Å². The summed E-state index contributed by atoms with van der Waals surface area (Å²) >= 11 is 0.935. The Morgan fingerprint density at radius 2 is 1.93 bits per heavy atom. The van der Waals surface area contributed by atoms with Gasteiger partial charge in [0.05, 0.1) is 0 Å². The molecule has 0 fully saturated rings. The van der Waals surface area contributed by atoms with E-state index in [0.29, 0.717) is 0 Å². The molecule has 0 unspecified atom stereocenters. The van der Waals surface area contributed by atoms with Crippen LogP contribution in [0.25, 0.3) is 0 Å². The first-order valence-corrected chi connectivity index (χ1v) is 8.62. The minimum Gasteiger partial charge on any atom is -0.223 e. The van der Waals surface area contributed by atoms with Gasteiger partial charge in [0.1, 0.15) is 8.07 Å². The van der Waals surface area contributed by atoms with Gasteiger partial charge in [-0.15, -0.1) is 16.9 Å². The molecule has 1 rings (SSSR count). The third-order valence-electron chi connectivity index (χ3n) is 1.34. The van der Waals surface area contributed by atoms with Gasteiger partial charge in [0.2, 0.25) is 0 Å². The van der Waals surface area contributed by atoms with E-state index in [2.05, 4.69) is 16.4 Å². The zero-order valence-corrected chi connectivity index (χ0v) is 10.4. The molecular formula is C9H10F3NSSi. The van der Waals surface area contributed by atoms with Crippen LogP contribution in [-0.2, 0) is 6.18 Å². The van der Waals surface area contributed by atoms with Gasteiger partial charge in [-0.25, -0.2) is 4.98 Å². The summed E-state index contributed by atoms with van der Waals surface area (Å²) in [6.07, 6.45) is -4.37. The first-order valence-electron chi connectivity index (χ1n) is 4.24. The first kappa shape index (κ1) is 12.3. The monoisotopic (exact) mass is 249 g/mol. The third-order valence-corrected chi connectivity index (χ3v) is 2.97. The number of hydrogen-bond donors (Lipinski definition) is 0. The summed E-state index contributed by atoms with van der Waals surface area (Å²) in [5, 5.41) is 1.23. The maximum Gasteiger partial charge on any atom is 0.434 e. The number of halogens is 3. The van der Waals surface area contributed by atoms with Gasteiger partial charge in [-0.3, -0.25) is 0 Å². The lowest BCUT2D eigenvalue weighted by atomic mass is 10.5. The predicted molar refractivity (Wildman–Crippen MR) is 57.3 cm³/mol. The second-order valence-electron chi connectivity index (χ2n) is 4.04. The summed E-state index contributed by atoms with van der Waals surface area (Å²) < 4.78 is 36.5. The Bertz CT molecular complexity index is 405. The molecule has 0 aliphatic rings. The second kappa shape index (κ2) is 3.98. The first-order chi connectivity index (χ1) is 6.68. The van der Waals surface area contributed by atoms with E-state index in [1.54, 1.807) is 0 Å². The molecule has 0 aliphatic heterocycles. The molecule has 0 aliphatic carbocycles. The fourth-order valence-electron chi connectivity index (χ4n) is 0.702. The second-order valence-corrected chi connectivity index (χ2v) is 9.64. The number of aromatic nitrogens is 1. The van der Waals surface area contributed by atoms with Crippen molar-refractivity contribution in [3.8, 4) is 11.5 Å². The number of thiazole rings is 1. The van der Waals surface area contributed by atoms with Crippen LogP contribution in [0.3, 0.4) is 0 Å². The summed E-state index contributed by atoms with van der Waals surface area (Å²) in [6, 6.07) is 0. The Hall–Kier alpha value is -0.803. The smallest absolute Gasteiger partial charge is 0.223 e. The van der Waals surface area contributed by atoms with Crippen LogP contribution in [0.15, 0.2) is 5.38 Å². The molecule has 1 heterocycles. The minimum absolute atomic E-state index is 0.241. The molecule has 0 radical (unpaired) electrons. The molecule has 0 spiro atoms. The molecule has 1 aromatic rings. The molecule has 1 aromatic heterocycles. The van der Waals surface area contributed by atoms with Crippen LogP contribution < -0.4 is 0 Å². The number of hydrogen-bond acceptors (Lipinski definition) is 2. The number of alkyl halides is 3. The molecule has 1 nitrogen and oxygen atoms in total. The highest BCUT2D eigenvalue weighted by molar-refractivity contribution is 7.10. The Morgan fingerprint density at radius 3 is 2.33 bits per heavy atom. The highest BCUT2D eigenvalue weighted by Crippen LogP contribution is 2.29. The van der Waals surface area contributed by atoms with Gasteiger partial charge in [-0.05, 0) is 5.92 Å². The Labute approximate surface area is 91.4 Å². The molecule has 0 atom stereocenters. The summed E-state index contributed by atoms with van der Waals surface area (Å²) in [6.45, 7) is 6.08. The van der Waals surface area contributed by atoms with Crippen molar-refractivity contribution in [1.29, 1.82) is 0 Å². The van der Waals surface area contributed by atoms with Crippen molar-refractivity contribution in [3.63, 3.8) is 0 Å². The molecule has 82 valence electrons. The van der Waals surface area contributed by atoms with E-state index in [-0.39, 0.29) is 5.01 Å². The highest BCUT2D eigenvalue weighted by Gasteiger charge is 2.33. The molecular weight excluding hydrogens is 239 g/mol. The summed E-state index contributed by atoms with van der Waals surface area (Å²) in [7, 11) is -1.55. The van der Waals surface area contributed by atoms with Crippen LogP contribution >= 0.6 is 11.3 Å². The zero-order chi connectivity index (χ0) is 11.7. The normalized spacial score (nSPS) is 12.1. The standard InChI is InChI=1S/C9H10F3NSSi/c1-15(2,3)5-4-8-13-7(6-14-8)9(10,11)12/h6H,1-3H3. The van der Waals surface area contributed by atoms with E-state index in [4.69, 9.17) is 0 Å². The summed E-state index contributed by atoms with van der Waals surface area (Å²) in [4.78, 5) is 3.43. The van der Waals surface area contributed by atoms with Crippen molar-refractivity contribution in [2.45, 2.75) is 25.8 Å². The molecule has 0 bridgehead atoms. The average Bonchev–Trinajstić information content (AvgIpc) is 2.45. The average molecular weight is 249 g/mol. The number of rotatable bonds is 0. The van der Waals surface area contributed by atoms with E-state index in [9.17, 15) is 13.2 Å². The van der Waals surface area contributed by atoms with E-state index >= 15 is 0 Å². The molecule has 0 amide bonds. The van der Waals surface area contributed by atoms with Gasteiger partial charge in [-0.2, -0.15) is 13.2 Å². The van der Waals surface area contributed by atoms with Crippen LogP contribution in [0.4, 0.5) is 13.2 Å². The maximum absolute atomic E-state index is 12.2. The number of nitrogens with zero attached hydrogens (tertiary/aromatic N) is 1. The van der Waals surface area contributed by atoms with Crippen LogP contribution in [0, 0.1) is 11.5 Å². The Balaban J connectivity index is 2.90. The Morgan fingerprint density at radius 1 is 1.33 bits per heavy atom. The molecule has 6 heteroatoms. The molecule has 0 saturated heterocycles. The van der Waals surface area contributed by atoms with Crippen molar-refractivity contribution in [2.75, 3.05) is 0 Å². The third kappa shape index (κ3) is 4.06. The van der Waals surface area contributed by atoms with E-state index < -0.39 is 19.9 Å². The lowest BCUT2D eigenvalue weighted by molar-refractivity contribution is -0.140. The van der Waals surface area contributed by atoms with Crippen molar-refractivity contribution in [3.05, 3.63) is 16.1 Å². The lowest BCUT2D eigenvalue weighted by Crippen LogP contribution is -2.16. The van der Waals surface area contributed by atoms with E-state index in [0.717, 1.165) is 16.7 Å². The highest BCUT2D eigenvalue weighted by atomic mass is 32.1. The maximum atomic E-state index is 12.2. The minimum atomic E-state index is -4.37. The van der Waals surface area contributed by atoms with Crippen molar-refractivity contribution >= 4 is 19.4 Å². The van der Waals surface area contributed by atoms with Gasteiger partial charge < -0.3 is 0 Å². The lowest BCUT2D eigenvalue weighted by Gasteiger charge is -2.02. The van der Waals surface area contributed by atoms with Crippen LogP contribution in [0.2, 0.25) is 19.6 Å². The van der Waals surface area contributed by atoms with Crippen molar-refractivity contribution in [1.82, 2.24) is 4.98 Å². The largest absolute Gasteiger partial charge is 0.434 e.